The van der Waals surface area contributed by atoms with Crippen molar-refractivity contribution in [2.24, 2.45) is 16.7 Å². The maximum Gasteiger partial charge on any atom is 0.104 e. The van der Waals surface area contributed by atoms with Gasteiger partial charge in [-0.3, -0.25) is 0 Å². The van der Waals surface area contributed by atoms with Gasteiger partial charge in [0.2, 0.25) is 0 Å². The third kappa shape index (κ3) is 2.13. The number of hydrogen-bond donors (Lipinski definition) is 8. The Balaban J connectivity index is 1.88. The van der Waals surface area contributed by atoms with Crippen LogP contribution in [0.1, 0.15) is 65.7 Å². The van der Waals surface area contributed by atoms with E-state index in [-0.39, 0.29) is 32.1 Å². The molecule has 0 bridgehead atoms. The molecule has 4 aliphatic rings. The van der Waals surface area contributed by atoms with Crippen LogP contribution in [0.3, 0.4) is 0 Å². The fourth-order valence-electron chi connectivity index (χ4n) is 8.00. The van der Waals surface area contributed by atoms with E-state index in [4.69, 9.17) is 0 Å². The lowest BCUT2D eigenvalue weighted by atomic mass is 9.38. The van der Waals surface area contributed by atoms with Gasteiger partial charge in [-0.1, -0.05) is 13.8 Å². The average Bonchev–Trinajstić information content (AvgIpc) is 2.86. The highest BCUT2D eigenvalue weighted by molar-refractivity contribution is 5.33. The first-order valence-corrected chi connectivity index (χ1v) is 10.8. The molecule has 8 nitrogen and oxygen atoms in total. The summed E-state index contributed by atoms with van der Waals surface area (Å²) in [4.78, 5) is 0. The Morgan fingerprint density at radius 2 is 1.45 bits per heavy atom. The minimum atomic E-state index is -1.98. The van der Waals surface area contributed by atoms with Crippen LogP contribution in [0, 0.1) is 16.7 Å². The molecule has 29 heavy (non-hydrogen) atoms. The molecule has 0 spiro atoms. The second-order valence-electron chi connectivity index (χ2n) is 10.8. The van der Waals surface area contributed by atoms with Crippen LogP contribution in [-0.2, 0) is 0 Å². The fraction of sp³-hybridized carbons (Fsp3) is 1.00. The highest BCUT2D eigenvalue weighted by Gasteiger charge is 2.83. The number of aliphatic hydroxyl groups excluding tert-OH is 4. The molecular formula is C21H36O8. The summed E-state index contributed by atoms with van der Waals surface area (Å²) in [6.07, 6.45) is -4.44. The van der Waals surface area contributed by atoms with Gasteiger partial charge >= 0.3 is 0 Å². The van der Waals surface area contributed by atoms with E-state index in [2.05, 4.69) is 0 Å². The minimum absolute atomic E-state index is 0.00797. The number of aliphatic hydroxyl groups is 8. The average molecular weight is 417 g/mol. The van der Waals surface area contributed by atoms with Crippen LogP contribution in [0.5, 0.6) is 0 Å². The van der Waals surface area contributed by atoms with Gasteiger partial charge in [0.05, 0.1) is 35.4 Å². The van der Waals surface area contributed by atoms with Crippen molar-refractivity contribution in [3.63, 3.8) is 0 Å². The largest absolute Gasteiger partial charge is 0.393 e. The summed E-state index contributed by atoms with van der Waals surface area (Å²) in [5.41, 5.74) is -10.0. The molecule has 4 fully saturated rings. The van der Waals surface area contributed by atoms with Gasteiger partial charge < -0.3 is 40.9 Å². The minimum Gasteiger partial charge on any atom is -0.393 e. The van der Waals surface area contributed by atoms with Gasteiger partial charge in [0.25, 0.3) is 0 Å². The Kier molecular flexibility index (Phi) is 4.47. The topological polar surface area (TPSA) is 162 Å². The lowest BCUT2D eigenvalue weighted by Gasteiger charge is -2.71. The van der Waals surface area contributed by atoms with Crippen molar-refractivity contribution in [1.82, 2.24) is 0 Å². The number of hydrogen-bond acceptors (Lipinski definition) is 8. The summed E-state index contributed by atoms with van der Waals surface area (Å²) in [6.45, 7) is 4.63. The molecule has 0 saturated heterocycles. The van der Waals surface area contributed by atoms with Crippen LogP contribution in [-0.4, -0.2) is 87.7 Å². The van der Waals surface area contributed by atoms with Gasteiger partial charge in [0.1, 0.15) is 16.8 Å². The van der Waals surface area contributed by atoms with Gasteiger partial charge in [0, 0.05) is 24.2 Å². The van der Waals surface area contributed by atoms with Gasteiger partial charge in [-0.15, -0.1) is 0 Å². The van der Waals surface area contributed by atoms with E-state index in [1.807, 2.05) is 0 Å². The molecule has 0 aromatic rings. The van der Waals surface area contributed by atoms with Crippen LogP contribution in [0.4, 0.5) is 0 Å². The summed E-state index contributed by atoms with van der Waals surface area (Å²) >= 11 is 0. The molecule has 0 aromatic heterocycles. The van der Waals surface area contributed by atoms with E-state index in [0.29, 0.717) is 12.8 Å². The summed E-state index contributed by atoms with van der Waals surface area (Å²) in [5.74, 6) is -0.764. The quantitative estimate of drug-likeness (QED) is 0.264. The Hall–Kier alpha value is -0.320. The van der Waals surface area contributed by atoms with Crippen molar-refractivity contribution in [2.75, 3.05) is 0 Å². The molecule has 4 rings (SSSR count). The van der Waals surface area contributed by atoms with Crippen LogP contribution in [0.15, 0.2) is 0 Å². The maximum atomic E-state index is 12.0. The summed E-state index contributed by atoms with van der Waals surface area (Å²) in [7, 11) is 0. The number of rotatable bonds is 1. The van der Waals surface area contributed by atoms with Crippen LogP contribution < -0.4 is 0 Å². The highest BCUT2D eigenvalue weighted by Crippen LogP contribution is 2.72. The molecule has 0 aromatic carbocycles. The molecule has 8 heteroatoms. The Morgan fingerprint density at radius 1 is 0.828 bits per heavy atom. The van der Waals surface area contributed by atoms with Gasteiger partial charge in [-0.05, 0) is 39.0 Å². The smallest absolute Gasteiger partial charge is 0.104 e. The molecule has 0 unspecified atom stereocenters. The van der Waals surface area contributed by atoms with Crippen molar-refractivity contribution in [3.8, 4) is 0 Å². The predicted octanol–water partition coefficient (Wildman–Crippen LogP) is -1.21. The lowest BCUT2D eigenvalue weighted by Crippen LogP contribution is -2.83. The zero-order valence-corrected chi connectivity index (χ0v) is 17.4. The zero-order chi connectivity index (χ0) is 21.8. The van der Waals surface area contributed by atoms with Crippen molar-refractivity contribution in [3.05, 3.63) is 0 Å². The van der Waals surface area contributed by atoms with Crippen LogP contribution >= 0.6 is 0 Å². The first-order chi connectivity index (χ1) is 13.1. The molecule has 0 amide bonds. The number of fused-ring (bicyclic) bond motifs is 5. The van der Waals surface area contributed by atoms with E-state index in [1.165, 1.54) is 13.8 Å². The summed E-state index contributed by atoms with van der Waals surface area (Å²) in [6, 6.07) is 0. The third-order valence-electron chi connectivity index (χ3n) is 10.1. The van der Waals surface area contributed by atoms with Crippen LogP contribution in [0.2, 0.25) is 0 Å². The zero-order valence-electron chi connectivity index (χ0n) is 17.4. The van der Waals surface area contributed by atoms with Crippen molar-refractivity contribution in [2.45, 2.75) is 113 Å². The Bertz CT molecular complexity index is 702. The third-order valence-corrected chi connectivity index (χ3v) is 10.1. The standard InChI is InChI=1S/C21H36O8/c1-11(22)18(26)6-7-21(29)17(18,3)14(24)8-13-16(2)5-4-12(23)9-20(16,28)15(25)10-19(13,21)27/h11-15,22-29H,4-10H2,1-3H3/t11-,12-,13-,14+,15+,16+,17+,18+,19-,20-,21+/m0/s1. The highest BCUT2D eigenvalue weighted by atomic mass is 16.4. The van der Waals surface area contributed by atoms with Crippen molar-refractivity contribution >= 4 is 0 Å². The summed E-state index contributed by atoms with van der Waals surface area (Å²) < 4.78 is 0. The molecule has 4 saturated carbocycles. The molecule has 0 radical (unpaired) electrons. The normalized spacial score (nSPS) is 63.4. The van der Waals surface area contributed by atoms with Gasteiger partial charge in [-0.2, -0.15) is 0 Å². The molecule has 0 heterocycles. The monoisotopic (exact) mass is 416 g/mol. The van der Waals surface area contributed by atoms with Crippen molar-refractivity contribution in [1.29, 1.82) is 0 Å². The van der Waals surface area contributed by atoms with Gasteiger partial charge in [-0.25, -0.2) is 0 Å². The first kappa shape index (κ1) is 21.9. The van der Waals surface area contributed by atoms with Crippen LogP contribution in [0.25, 0.3) is 0 Å². The second kappa shape index (κ2) is 5.92. The predicted molar refractivity (Wildman–Crippen MR) is 102 cm³/mol. The molecular weight excluding hydrogens is 380 g/mol. The molecule has 0 aliphatic heterocycles. The fourth-order valence-corrected chi connectivity index (χ4v) is 8.00. The SMILES string of the molecule is C[C@H](O)[C@]1(O)CC[C@@]2(O)[C@]1(C)[C@H](O)C[C@H]1[C@@]3(C)CC[C@H](O)C[C@]3(O)[C@H](O)C[C@]12O. The van der Waals surface area contributed by atoms with E-state index in [9.17, 15) is 40.9 Å². The first-order valence-electron chi connectivity index (χ1n) is 10.8. The second-order valence-corrected chi connectivity index (χ2v) is 10.8. The van der Waals surface area contributed by atoms with E-state index in [1.54, 1.807) is 6.92 Å². The Morgan fingerprint density at radius 3 is 2.03 bits per heavy atom. The lowest BCUT2D eigenvalue weighted by molar-refractivity contribution is -0.371. The van der Waals surface area contributed by atoms with Gasteiger partial charge in [0.15, 0.2) is 0 Å². The Labute approximate surface area is 170 Å². The maximum absolute atomic E-state index is 12.0. The molecule has 4 aliphatic carbocycles. The molecule has 11 atom stereocenters. The molecule has 168 valence electrons. The van der Waals surface area contributed by atoms with Crippen molar-refractivity contribution < 1.29 is 40.9 Å². The molecule has 8 N–H and O–H groups in total. The van der Waals surface area contributed by atoms with E-state index in [0.717, 1.165) is 0 Å². The van der Waals surface area contributed by atoms with E-state index >= 15 is 0 Å². The van der Waals surface area contributed by atoms with E-state index < -0.39 is 63.6 Å². The summed E-state index contributed by atoms with van der Waals surface area (Å²) in [5, 5.41) is 89.3.